The summed E-state index contributed by atoms with van der Waals surface area (Å²) in [5.74, 6) is -0.853. The summed E-state index contributed by atoms with van der Waals surface area (Å²) < 4.78 is 25.9. The Hall–Kier alpha value is -2.58. The maximum Gasteiger partial charge on any atom is 0.227 e. The number of carbonyl (C=O) groups excluding carboxylic acids is 2. The Morgan fingerprint density at radius 1 is 0.778 bits per heavy atom. The van der Waals surface area contributed by atoms with Gasteiger partial charge in [-0.25, -0.2) is 18.7 Å². The van der Waals surface area contributed by atoms with Crippen molar-refractivity contribution in [2.75, 3.05) is 0 Å². The lowest BCUT2D eigenvalue weighted by molar-refractivity contribution is 0.108. The van der Waals surface area contributed by atoms with Crippen LogP contribution in [0.4, 0.5) is 8.78 Å². The second kappa shape index (κ2) is 8.41. The number of halogens is 2. The van der Waals surface area contributed by atoms with Crippen LogP contribution in [0.15, 0.2) is 64.8 Å². The van der Waals surface area contributed by atoms with E-state index in [9.17, 15) is 18.4 Å². The third-order valence-electron chi connectivity index (χ3n) is 3.35. The molecule has 3 rings (SSSR count). The Kier molecular flexibility index (Phi) is 5.98. The molecule has 1 aromatic heterocycles. The van der Waals surface area contributed by atoms with Crippen molar-refractivity contribution in [3.63, 3.8) is 0 Å². The van der Waals surface area contributed by atoms with Crippen LogP contribution in [0.5, 0.6) is 0 Å². The maximum atomic E-state index is 13.0. The van der Waals surface area contributed by atoms with Crippen LogP contribution in [-0.2, 0) is 0 Å². The van der Waals surface area contributed by atoms with E-state index in [1.165, 1.54) is 48.5 Å². The number of hydrogen-bond donors (Lipinski definition) is 0. The molecule has 0 aliphatic heterocycles. The summed E-state index contributed by atoms with van der Waals surface area (Å²) in [6.07, 6.45) is 0. The van der Waals surface area contributed by atoms with Crippen LogP contribution in [0.25, 0.3) is 0 Å². The molecule has 0 atom stereocenters. The highest BCUT2D eigenvalue weighted by Gasteiger charge is 2.15. The zero-order valence-corrected chi connectivity index (χ0v) is 15.6. The number of carbonyl (C=O) groups is 2. The van der Waals surface area contributed by atoms with Crippen molar-refractivity contribution in [3.8, 4) is 0 Å². The van der Waals surface area contributed by atoms with Crippen molar-refractivity contribution in [2.24, 2.45) is 0 Å². The first kappa shape index (κ1) is 19.2. The van der Waals surface area contributed by atoms with Gasteiger partial charge in [0.15, 0.2) is 5.16 Å². The van der Waals surface area contributed by atoms with E-state index in [2.05, 4.69) is 9.97 Å². The first-order chi connectivity index (χ1) is 12.9. The SMILES string of the molecule is Cc1cc(SC(=O)c2ccc(F)cc2)nc(SC(=O)c2ccc(F)cc2)n1. The van der Waals surface area contributed by atoms with E-state index < -0.39 is 11.6 Å². The van der Waals surface area contributed by atoms with Crippen molar-refractivity contribution < 1.29 is 18.4 Å². The zero-order valence-electron chi connectivity index (χ0n) is 14.0. The molecule has 0 saturated carbocycles. The summed E-state index contributed by atoms with van der Waals surface area (Å²) in [5.41, 5.74) is 1.26. The normalized spacial score (nSPS) is 10.6. The van der Waals surface area contributed by atoms with Crippen LogP contribution in [0.1, 0.15) is 26.4 Å². The highest BCUT2D eigenvalue weighted by Crippen LogP contribution is 2.26. The second-order valence-corrected chi connectivity index (χ2v) is 7.36. The molecule has 8 heteroatoms. The first-order valence-corrected chi connectivity index (χ1v) is 9.35. The van der Waals surface area contributed by atoms with E-state index in [-0.39, 0.29) is 15.4 Å². The van der Waals surface area contributed by atoms with Gasteiger partial charge in [0, 0.05) is 16.8 Å². The summed E-state index contributed by atoms with van der Waals surface area (Å²) >= 11 is 1.67. The third kappa shape index (κ3) is 5.21. The van der Waals surface area contributed by atoms with Crippen LogP contribution in [0, 0.1) is 18.6 Å². The summed E-state index contributed by atoms with van der Waals surface area (Å²) in [4.78, 5) is 33.0. The lowest BCUT2D eigenvalue weighted by atomic mass is 10.2. The van der Waals surface area contributed by atoms with Gasteiger partial charge < -0.3 is 0 Å². The monoisotopic (exact) mass is 402 g/mol. The van der Waals surface area contributed by atoms with E-state index in [1.807, 2.05) is 0 Å². The average Bonchev–Trinajstić information content (AvgIpc) is 2.62. The standard InChI is InChI=1S/C19H12F2N2O2S2/c1-11-10-16(26-17(24)12-2-6-14(20)7-3-12)23-19(22-11)27-18(25)13-4-8-15(21)9-5-13/h2-10H,1H3. The fourth-order valence-corrected chi connectivity index (χ4v) is 3.70. The van der Waals surface area contributed by atoms with Crippen LogP contribution in [0.3, 0.4) is 0 Å². The minimum absolute atomic E-state index is 0.193. The van der Waals surface area contributed by atoms with Gasteiger partial charge in [0.05, 0.1) is 0 Å². The molecule has 4 nitrogen and oxygen atoms in total. The van der Waals surface area contributed by atoms with Gasteiger partial charge in [0.25, 0.3) is 0 Å². The first-order valence-electron chi connectivity index (χ1n) is 7.72. The van der Waals surface area contributed by atoms with E-state index in [4.69, 9.17) is 0 Å². The van der Waals surface area contributed by atoms with Crippen molar-refractivity contribution in [1.82, 2.24) is 9.97 Å². The molecular weight excluding hydrogens is 390 g/mol. The van der Waals surface area contributed by atoms with Gasteiger partial charge in [-0.05, 0) is 85.0 Å². The molecular formula is C19H12F2N2O2S2. The van der Waals surface area contributed by atoms with Crippen molar-refractivity contribution in [1.29, 1.82) is 0 Å². The minimum Gasteiger partial charge on any atom is -0.281 e. The predicted octanol–water partition coefficient (Wildman–Crippen LogP) is 4.93. The van der Waals surface area contributed by atoms with Crippen LogP contribution < -0.4 is 0 Å². The van der Waals surface area contributed by atoms with Crippen LogP contribution in [-0.4, -0.2) is 20.2 Å². The van der Waals surface area contributed by atoms with Gasteiger partial charge >= 0.3 is 0 Å². The Morgan fingerprint density at radius 2 is 1.26 bits per heavy atom. The molecule has 2 aromatic carbocycles. The number of rotatable bonds is 4. The number of nitrogens with zero attached hydrogens (tertiary/aromatic N) is 2. The molecule has 0 fully saturated rings. The number of thioether (sulfide) groups is 2. The number of aryl methyl sites for hydroxylation is 1. The van der Waals surface area contributed by atoms with Crippen molar-refractivity contribution >= 4 is 33.8 Å². The second-order valence-electron chi connectivity index (χ2n) is 5.42. The largest absolute Gasteiger partial charge is 0.281 e. The third-order valence-corrected chi connectivity index (χ3v) is 4.98. The molecule has 1 heterocycles. The average molecular weight is 402 g/mol. The molecule has 136 valence electrons. The molecule has 0 saturated heterocycles. The van der Waals surface area contributed by atoms with Crippen molar-refractivity contribution in [3.05, 3.63) is 83.1 Å². The van der Waals surface area contributed by atoms with Crippen molar-refractivity contribution in [2.45, 2.75) is 17.1 Å². The lowest BCUT2D eigenvalue weighted by Gasteiger charge is -2.05. The topological polar surface area (TPSA) is 59.9 Å². The molecule has 3 aromatic rings. The zero-order chi connectivity index (χ0) is 19.4. The van der Waals surface area contributed by atoms with Gasteiger partial charge in [-0.3, -0.25) is 9.59 Å². The van der Waals surface area contributed by atoms with E-state index in [0.717, 1.165) is 23.5 Å². The van der Waals surface area contributed by atoms with Gasteiger partial charge in [-0.15, -0.1) is 0 Å². The van der Waals surface area contributed by atoms with Gasteiger partial charge in [-0.2, -0.15) is 0 Å². The maximum absolute atomic E-state index is 13.0. The quantitative estimate of drug-likeness (QED) is 0.350. The Labute approximate surface area is 162 Å². The molecule has 0 amide bonds. The molecule has 0 spiro atoms. The molecule has 0 bridgehead atoms. The van der Waals surface area contributed by atoms with Gasteiger partial charge in [0.1, 0.15) is 16.7 Å². The number of benzene rings is 2. The van der Waals surface area contributed by atoms with Gasteiger partial charge in [-0.1, -0.05) is 0 Å². The van der Waals surface area contributed by atoms with Crippen LogP contribution >= 0.6 is 23.5 Å². The van der Waals surface area contributed by atoms with Crippen LogP contribution in [0.2, 0.25) is 0 Å². The Bertz CT molecular complexity index is 916. The number of hydrogen-bond acceptors (Lipinski definition) is 6. The Morgan fingerprint density at radius 3 is 1.78 bits per heavy atom. The highest BCUT2D eigenvalue weighted by atomic mass is 32.2. The molecule has 0 unspecified atom stereocenters. The van der Waals surface area contributed by atoms with Gasteiger partial charge in [0.2, 0.25) is 10.2 Å². The predicted molar refractivity (Wildman–Crippen MR) is 99.9 cm³/mol. The fraction of sp³-hybridized carbons (Fsp3) is 0.0526. The summed E-state index contributed by atoms with van der Waals surface area (Å²) in [5, 5.41) is -0.0553. The summed E-state index contributed by atoms with van der Waals surface area (Å²) in [6.45, 7) is 1.72. The molecule has 0 aliphatic carbocycles. The minimum atomic E-state index is -0.429. The number of aromatic nitrogens is 2. The smallest absolute Gasteiger partial charge is 0.227 e. The van der Waals surface area contributed by atoms with E-state index >= 15 is 0 Å². The molecule has 0 N–H and O–H groups in total. The highest BCUT2D eigenvalue weighted by molar-refractivity contribution is 8.14. The summed E-state index contributed by atoms with van der Waals surface area (Å²) in [7, 11) is 0. The van der Waals surface area contributed by atoms with E-state index in [0.29, 0.717) is 21.8 Å². The molecule has 0 aliphatic rings. The lowest BCUT2D eigenvalue weighted by Crippen LogP contribution is -2.00. The van der Waals surface area contributed by atoms with E-state index in [1.54, 1.807) is 13.0 Å². The summed E-state index contributed by atoms with van der Waals surface area (Å²) in [6, 6.07) is 12.0. The fourth-order valence-electron chi connectivity index (χ4n) is 2.08. The molecule has 0 radical (unpaired) electrons. The Balaban J connectivity index is 1.75. The molecule has 27 heavy (non-hydrogen) atoms.